The maximum atomic E-state index is 13.7. The van der Waals surface area contributed by atoms with E-state index in [4.69, 9.17) is 0 Å². The Morgan fingerprint density at radius 1 is 1.07 bits per heavy atom. The first-order chi connectivity index (χ1) is 22.0. The van der Waals surface area contributed by atoms with Crippen LogP contribution < -0.4 is 10.6 Å². The summed E-state index contributed by atoms with van der Waals surface area (Å²) >= 11 is 0. The molecule has 1 aliphatic heterocycles. The highest BCUT2D eigenvalue weighted by atomic mass is 19.4. The number of aryl methyl sites for hydroxylation is 1. The summed E-state index contributed by atoms with van der Waals surface area (Å²) in [5, 5.41) is 22.1. The van der Waals surface area contributed by atoms with Gasteiger partial charge in [0.05, 0.1) is 17.7 Å². The number of rotatable bonds is 13. The van der Waals surface area contributed by atoms with Gasteiger partial charge in [-0.25, -0.2) is 0 Å². The molecular weight excluding hydrogens is 595 g/mol. The lowest BCUT2D eigenvalue weighted by atomic mass is 9.98. The number of aromatic nitrogens is 2. The van der Waals surface area contributed by atoms with Gasteiger partial charge in [0.1, 0.15) is 5.69 Å². The molecule has 1 aromatic heterocycles. The van der Waals surface area contributed by atoms with Gasteiger partial charge in [-0.2, -0.15) is 18.3 Å². The van der Waals surface area contributed by atoms with Crippen molar-refractivity contribution in [1.82, 2.24) is 25.3 Å². The summed E-state index contributed by atoms with van der Waals surface area (Å²) in [6.07, 6.45) is 1.00. The van der Waals surface area contributed by atoms with Gasteiger partial charge in [0, 0.05) is 37.3 Å². The van der Waals surface area contributed by atoms with Crippen LogP contribution in [-0.2, 0) is 24.7 Å². The van der Waals surface area contributed by atoms with Gasteiger partial charge >= 0.3 is 6.18 Å². The molecule has 2 aliphatic rings. The molecule has 2 fully saturated rings. The molecule has 3 atom stereocenters. The topological polar surface area (TPSA) is 99.5 Å². The molecule has 0 spiro atoms. The van der Waals surface area contributed by atoms with Gasteiger partial charge in [-0.15, -0.1) is 0 Å². The van der Waals surface area contributed by atoms with Crippen LogP contribution in [0, 0.1) is 0 Å². The van der Waals surface area contributed by atoms with Crippen molar-refractivity contribution in [3.8, 4) is 0 Å². The molecule has 8 nitrogen and oxygen atoms in total. The average Bonchev–Trinajstić information content (AvgIpc) is 3.73. The van der Waals surface area contributed by atoms with Crippen LogP contribution in [0.15, 0.2) is 60.7 Å². The van der Waals surface area contributed by atoms with Crippen LogP contribution in [0.4, 0.5) is 13.2 Å². The molecule has 2 aromatic carbocycles. The van der Waals surface area contributed by atoms with Crippen LogP contribution in [-0.4, -0.2) is 62.9 Å². The molecule has 0 radical (unpaired) electrons. The Bertz CT molecular complexity index is 1490. The van der Waals surface area contributed by atoms with Gasteiger partial charge in [-0.1, -0.05) is 55.8 Å². The Labute approximate surface area is 268 Å². The minimum atomic E-state index is -4.45. The minimum Gasteiger partial charge on any atom is -0.390 e. The zero-order valence-electron chi connectivity index (χ0n) is 26.5. The van der Waals surface area contributed by atoms with Crippen molar-refractivity contribution in [2.24, 2.45) is 0 Å². The average molecular weight is 640 g/mol. The second-order valence-electron chi connectivity index (χ2n) is 12.5. The van der Waals surface area contributed by atoms with Crippen LogP contribution in [0.3, 0.4) is 0 Å². The van der Waals surface area contributed by atoms with Gasteiger partial charge < -0.3 is 20.6 Å². The predicted molar refractivity (Wildman–Crippen MR) is 169 cm³/mol. The number of hydrogen-bond donors (Lipinski definition) is 3. The van der Waals surface area contributed by atoms with E-state index >= 15 is 0 Å². The highest BCUT2D eigenvalue weighted by Crippen LogP contribution is 2.46. The van der Waals surface area contributed by atoms with E-state index in [1.54, 1.807) is 10.7 Å². The molecule has 1 aliphatic carbocycles. The number of alkyl halides is 3. The zero-order valence-corrected chi connectivity index (χ0v) is 26.5. The fourth-order valence-corrected chi connectivity index (χ4v) is 6.51. The number of aliphatic hydroxyl groups is 1. The Hall–Kier alpha value is -3.70. The summed E-state index contributed by atoms with van der Waals surface area (Å²) in [4.78, 5) is 29.2. The second-order valence-corrected chi connectivity index (χ2v) is 12.5. The van der Waals surface area contributed by atoms with Gasteiger partial charge in [0.25, 0.3) is 11.8 Å². The fourth-order valence-electron chi connectivity index (χ4n) is 6.51. The standard InChI is InChI=1S/C35H44F3N5O3/c1-3-11-27-16-8-9-19-42(27)33(46)30-22-29(41-43(30)4-2)32(45)40-28(20-24-12-6-5-7-13-24)31(44)23-39-34(17-18-34)25-14-10-15-26(21-25)35(36,37)38/h5-7,10,12-15,21-22,27-28,31,39,44H,3-4,8-9,11,16-20,23H2,1-2H3,(H,40,45)/t27?,28-,31-/m0/s1. The first-order valence-electron chi connectivity index (χ1n) is 16.4. The fraction of sp³-hybridized carbons (Fsp3) is 0.514. The quantitative estimate of drug-likeness (QED) is 0.223. The third-order valence-electron chi connectivity index (χ3n) is 9.26. The highest BCUT2D eigenvalue weighted by molar-refractivity contribution is 5.98. The van der Waals surface area contributed by atoms with E-state index in [0.717, 1.165) is 49.8 Å². The molecule has 1 saturated carbocycles. The highest BCUT2D eigenvalue weighted by Gasteiger charge is 2.45. The lowest BCUT2D eigenvalue weighted by molar-refractivity contribution is -0.137. The molecule has 2 heterocycles. The maximum Gasteiger partial charge on any atom is 0.416 e. The van der Waals surface area contributed by atoms with E-state index in [9.17, 15) is 27.9 Å². The third kappa shape index (κ3) is 7.81. The molecule has 46 heavy (non-hydrogen) atoms. The first-order valence-corrected chi connectivity index (χ1v) is 16.4. The number of carbonyl (C=O) groups is 2. The van der Waals surface area contributed by atoms with Crippen LogP contribution in [0.5, 0.6) is 0 Å². The molecule has 3 aromatic rings. The summed E-state index contributed by atoms with van der Waals surface area (Å²) in [6.45, 7) is 5.13. The molecule has 2 amide bonds. The number of hydrogen-bond acceptors (Lipinski definition) is 5. The van der Waals surface area contributed by atoms with Gasteiger partial charge in [-0.3, -0.25) is 14.3 Å². The van der Waals surface area contributed by atoms with Crippen LogP contribution >= 0.6 is 0 Å². The van der Waals surface area contributed by atoms with Crippen molar-refractivity contribution < 1.29 is 27.9 Å². The second kappa shape index (κ2) is 14.4. The van der Waals surface area contributed by atoms with E-state index in [0.29, 0.717) is 43.6 Å². The Balaban J connectivity index is 1.32. The van der Waals surface area contributed by atoms with Crippen molar-refractivity contribution in [2.45, 2.75) is 102 Å². The van der Waals surface area contributed by atoms with Crippen molar-refractivity contribution in [3.63, 3.8) is 0 Å². The summed E-state index contributed by atoms with van der Waals surface area (Å²) in [5.41, 5.74) is 0.508. The number of carbonyl (C=O) groups excluding carboxylic acids is 2. The Morgan fingerprint density at radius 2 is 1.83 bits per heavy atom. The molecule has 1 unspecified atom stereocenters. The minimum absolute atomic E-state index is 0.0505. The number of likely N-dealkylation sites (tertiary alicyclic amines) is 1. The molecule has 5 rings (SSSR count). The Morgan fingerprint density at radius 3 is 2.50 bits per heavy atom. The van der Waals surface area contributed by atoms with Crippen molar-refractivity contribution in [1.29, 1.82) is 0 Å². The summed E-state index contributed by atoms with van der Waals surface area (Å²) < 4.78 is 41.7. The molecule has 3 N–H and O–H groups in total. The van der Waals surface area contributed by atoms with E-state index in [2.05, 4.69) is 22.7 Å². The number of aliphatic hydroxyl groups excluding tert-OH is 1. The molecule has 11 heteroatoms. The van der Waals surface area contributed by atoms with Crippen LogP contribution in [0.25, 0.3) is 0 Å². The summed E-state index contributed by atoms with van der Waals surface area (Å²) in [5.74, 6) is -0.634. The first kappa shape index (κ1) is 33.7. The van der Waals surface area contributed by atoms with E-state index in [1.165, 1.54) is 12.1 Å². The van der Waals surface area contributed by atoms with Gasteiger partial charge in [-0.05, 0) is 75.1 Å². The smallest absolute Gasteiger partial charge is 0.390 e. The van der Waals surface area contributed by atoms with E-state index < -0.39 is 35.3 Å². The predicted octanol–water partition coefficient (Wildman–Crippen LogP) is 5.70. The van der Waals surface area contributed by atoms with Crippen molar-refractivity contribution in [2.75, 3.05) is 13.1 Å². The number of amides is 2. The number of benzene rings is 2. The molecule has 248 valence electrons. The molecule has 0 bridgehead atoms. The SMILES string of the molecule is CCCC1CCCCN1C(=O)c1cc(C(=O)N[C@@H](Cc2ccccc2)[C@@H](O)CNC2(c3cccc(C(F)(F)F)c3)CC2)nn1CC. The van der Waals surface area contributed by atoms with Crippen LogP contribution in [0.1, 0.15) is 96.5 Å². The largest absolute Gasteiger partial charge is 0.416 e. The number of nitrogens with zero attached hydrogens (tertiary/aromatic N) is 3. The maximum absolute atomic E-state index is 13.7. The lowest BCUT2D eigenvalue weighted by Gasteiger charge is -2.35. The van der Waals surface area contributed by atoms with Crippen molar-refractivity contribution >= 4 is 11.8 Å². The van der Waals surface area contributed by atoms with E-state index in [-0.39, 0.29) is 24.2 Å². The number of halogens is 3. The number of nitrogens with one attached hydrogen (secondary N) is 2. The zero-order chi connectivity index (χ0) is 32.9. The van der Waals surface area contributed by atoms with E-state index in [1.807, 2.05) is 42.2 Å². The van der Waals surface area contributed by atoms with Crippen molar-refractivity contribution in [3.05, 3.63) is 88.7 Å². The van der Waals surface area contributed by atoms with Gasteiger partial charge in [0.15, 0.2) is 5.69 Å². The normalized spacial score (nSPS) is 19.0. The molecule has 1 saturated heterocycles. The summed E-state index contributed by atoms with van der Waals surface area (Å²) in [7, 11) is 0. The third-order valence-corrected chi connectivity index (χ3v) is 9.26. The monoisotopic (exact) mass is 639 g/mol. The molecular formula is C35H44F3N5O3. The lowest BCUT2D eigenvalue weighted by Crippen LogP contribution is -2.50. The Kier molecular flexibility index (Phi) is 10.5. The summed E-state index contributed by atoms with van der Waals surface area (Å²) in [6, 6.07) is 15.7. The van der Waals surface area contributed by atoms with Crippen LogP contribution in [0.2, 0.25) is 0 Å². The number of piperidine rings is 1. The van der Waals surface area contributed by atoms with Gasteiger partial charge in [0.2, 0.25) is 0 Å².